The Balaban J connectivity index is 4.85. The molecule has 0 heterocycles. The summed E-state index contributed by atoms with van der Waals surface area (Å²) >= 11 is 0. The highest BCUT2D eigenvalue weighted by Crippen LogP contribution is 2.16. The van der Waals surface area contributed by atoms with Gasteiger partial charge in [0.25, 0.3) is 10.1 Å². The molecule has 0 rings (SSSR count). The van der Waals surface area contributed by atoms with E-state index < -0.39 is 39.0 Å². The molecule has 0 radical (unpaired) electrons. The lowest BCUT2D eigenvalue weighted by molar-refractivity contribution is 0.0227. The minimum atomic E-state index is -3.48. The van der Waals surface area contributed by atoms with Gasteiger partial charge in [-0.25, -0.2) is 9.59 Å². The van der Waals surface area contributed by atoms with Crippen LogP contribution in [0, 0.1) is 0 Å². The molecule has 178 valence electrons. The molecule has 30 heavy (non-hydrogen) atoms. The predicted octanol–water partition coefficient (Wildman–Crippen LogP) is 3.67. The van der Waals surface area contributed by atoms with Crippen molar-refractivity contribution >= 4 is 22.3 Å². The summed E-state index contributed by atoms with van der Waals surface area (Å²) in [6.07, 6.45) is 1.53. The van der Waals surface area contributed by atoms with Gasteiger partial charge < -0.3 is 19.7 Å². The van der Waals surface area contributed by atoms with E-state index in [9.17, 15) is 18.0 Å². The molecule has 2 amide bonds. The Bertz CT molecular complexity index is 662. The molecule has 0 fully saturated rings. The van der Waals surface area contributed by atoms with Crippen molar-refractivity contribution in [3.63, 3.8) is 0 Å². The monoisotopic (exact) mass is 452 g/mol. The molecule has 0 spiro atoms. The minimum Gasteiger partial charge on any atom is -0.444 e. The van der Waals surface area contributed by atoms with Gasteiger partial charge in [0, 0.05) is 18.6 Å². The van der Waals surface area contributed by atoms with E-state index in [1.165, 1.54) is 0 Å². The van der Waals surface area contributed by atoms with E-state index in [0.29, 0.717) is 32.4 Å². The Kier molecular flexibility index (Phi) is 10.6. The van der Waals surface area contributed by atoms with Crippen LogP contribution in [0.25, 0.3) is 0 Å². The molecule has 0 aliphatic rings. The van der Waals surface area contributed by atoms with Crippen molar-refractivity contribution in [3.05, 3.63) is 0 Å². The standard InChI is InChI=1S/C20H40N2O7S/c1-18(2,3)28-16(23)21-20(7,8)12-14-22(17(24)29-19(4,5)6)13-10-11-15-27-30(9,25)26/h10-15H2,1-9H3,(H,21,23). The number of ether oxygens (including phenoxy) is 2. The first-order chi connectivity index (χ1) is 13.3. The van der Waals surface area contributed by atoms with Crippen LogP contribution in [0.3, 0.4) is 0 Å². The zero-order valence-electron chi connectivity index (χ0n) is 20.0. The van der Waals surface area contributed by atoms with Gasteiger partial charge in [0.15, 0.2) is 0 Å². The third-order valence-corrected chi connectivity index (χ3v) is 4.21. The molecular formula is C20H40N2O7S. The summed E-state index contributed by atoms with van der Waals surface area (Å²) < 4.78 is 37.6. The second-order valence-corrected chi connectivity index (χ2v) is 11.6. The smallest absolute Gasteiger partial charge is 0.410 e. The van der Waals surface area contributed by atoms with Crippen molar-refractivity contribution in [1.82, 2.24) is 10.2 Å². The molecule has 0 aromatic carbocycles. The molecule has 0 unspecified atom stereocenters. The normalized spacial score (nSPS) is 13.0. The van der Waals surface area contributed by atoms with Crippen LogP contribution in [0.5, 0.6) is 0 Å². The maximum Gasteiger partial charge on any atom is 0.410 e. The number of amides is 2. The van der Waals surface area contributed by atoms with Gasteiger partial charge in [0.1, 0.15) is 11.2 Å². The summed E-state index contributed by atoms with van der Waals surface area (Å²) in [6.45, 7) is 15.2. The number of hydrogen-bond donors (Lipinski definition) is 1. The van der Waals surface area contributed by atoms with Crippen LogP contribution < -0.4 is 5.32 Å². The van der Waals surface area contributed by atoms with Gasteiger partial charge in [0.05, 0.1) is 12.9 Å². The van der Waals surface area contributed by atoms with Crippen LogP contribution in [-0.4, -0.2) is 68.2 Å². The quantitative estimate of drug-likeness (QED) is 0.397. The van der Waals surface area contributed by atoms with E-state index in [-0.39, 0.29) is 6.61 Å². The van der Waals surface area contributed by atoms with E-state index in [1.807, 2.05) is 13.8 Å². The fraction of sp³-hybridized carbons (Fsp3) is 0.900. The molecule has 0 aromatic heterocycles. The van der Waals surface area contributed by atoms with Crippen molar-refractivity contribution in [2.45, 2.75) is 91.4 Å². The van der Waals surface area contributed by atoms with Crippen molar-refractivity contribution in [2.75, 3.05) is 26.0 Å². The minimum absolute atomic E-state index is 0.0622. The first-order valence-electron chi connectivity index (χ1n) is 10.1. The fourth-order valence-electron chi connectivity index (χ4n) is 2.29. The zero-order chi connectivity index (χ0) is 23.8. The highest BCUT2D eigenvalue weighted by atomic mass is 32.2. The van der Waals surface area contributed by atoms with Crippen molar-refractivity contribution in [2.24, 2.45) is 0 Å². The summed E-state index contributed by atoms with van der Waals surface area (Å²) in [5.41, 5.74) is -1.85. The molecule has 10 heteroatoms. The molecule has 1 N–H and O–H groups in total. The number of carbonyl (C=O) groups is 2. The maximum atomic E-state index is 12.6. The van der Waals surface area contributed by atoms with Crippen molar-refractivity contribution in [1.29, 1.82) is 0 Å². The summed E-state index contributed by atoms with van der Waals surface area (Å²) in [4.78, 5) is 26.2. The molecule has 0 saturated carbocycles. The molecule has 0 aromatic rings. The number of nitrogens with zero attached hydrogens (tertiary/aromatic N) is 1. The average Bonchev–Trinajstić information content (AvgIpc) is 2.43. The van der Waals surface area contributed by atoms with Crippen molar-refractivity contribution < 1.29 is 31.7 Å². The Labute approximate surface area is 181 Å². The topological polar surface area (TPSA) is 111 Å². The summed E-state index contributed by atoms with van der Waals surface area (Å²) in [6, 6.07) is 0. The Morgan fingerprint density at radius 2 is 1.40 bits per heavy atom. The molecular weight excluding hydrogens is 412 g/mol. The third-order valence-electron chi connectivity index (χ3n) is 3.62. The van der Waals surface area contributed by atoms with Crippen LogP contribution in [0.4, 0.5) is 9.59 Å². The average molecular weight is 453 g/mol. The van der Waals surface area contributed by atoms with E-state index >= 15 is 0 Å². The number of carbonyl (C=O) groups excluding carboxylic acids is 2. The van der Waals surface area contributed by atoms with Gasteiger partial charge in [-0.05, 0) is 74.7 Å². The number of nitrogens with one attached hydrogen (secondary N) is 1. The largest absolute Gasteiger partial charge is 0.444 e. The maximum absolute atomic E-state index is 12.6. The molecule has 9 nitrogen and oxygen atoms in total. The predicted molar refractivity (Wildman–Crippen MR) is 116 cm³/mol. The van der Waals surface area contributed by atoms with Gasteiger partial charge in [-0.15, -0.1) is 0 Å². The number of alkyl carbamates (subject to hydrolysis) is 1. The number of rotatable bonds is 10. The second kappa shape index (κ2) is 11.2. The SMILES string of the molecule is CC(C)(CCN(CCCCOS(C)(=O)=O)C(=O)OC(C)(C)C)NC(=O)OC(C)(C)C. The van der Waals surface area contributed by atoms with Gasteiger partial charge in [-0.1, -0.05) is 0 Å². The van der Waals surface area contributed by atoms with E-state index in [1.54, 1.807) is 46.4 Å². The summed E-state index contributed by atoms with van der Waals surface area (Å²) in [7, 11) is -3.48. The van der Waals surface area contributed by atoms with Gasteiger partial charge >= 0.3 is 12.2 Å². The van der Waals surface area contributed by atoms with Crippen LogP contribution in [0.1, 0.15) is 74.7 Å². The van der Waals surface area contributed by atoms with Gasteiger partial charge in [-0.2, -0.15) is 8.42 Å². The van der Waals surface area contributed by atoms with Crippen LogP contribution in [-0.2, 0) is 23.8 Å². The highest BCUT2D eigenvalue weighted by Gasteiger charge is 2.27. The molecule has 0 saturated heterocycles. The van der Waals surface area contributed by atoms with Crippen LogP contribution in [0.2, 0.25) is 0 Å². The Morgan fingerprint density at radius 3 is 1.87 bits per heavy atom. The lowest BCUT2D eigenvalue weighted by atomic mass is 10.0. The lowest BCUT2D eigenvalue weighted by Crippen LogP contribution is -2.48. The summed E-state index contributed by atoms with van der Waals surface area (Å²) in [5, 5.41) is 2.82. The third kappa shape index (κ3) is 16.3. The Morgan fingerprint density at radius 1 is 0.867 bits per heavy atom. The van der Waals surface area contributed by atoms with Crippen LogP contribution >= 0.6 is 0 Å². The lowest BCUT2D eigenvalue weighted by Gasteiger charge is -2.32. The van der Waals surface area contributed by atoms with Gasteiger partial charge in [0.2, 0.25) is 0 Å². The van der Waals surface area contributed by atoms with Gasteiger partial charge in [-0.3, -0.25) is 4.18 Å². The van der Waals surface area contributed by atoms with Crippen molar-refractivity contribution in [3.8, 4) is 0 Å². The highest BCUT2D eigenvalue weighted by molar-refractivity contribution is 7.85. The van der Waals surface area contributed by atoms with E-state index in [4.69, 9.17) is 13.7 Å². The molecule has 0 bridgehead atoms. The first kappa shape index (κ1) is 28.5. The zero-order valence-corrected chi connectivity index (χ0v) is 20.8. The van der Waals surface area contributed by atoms with E-state index in [2.05, 4.69) is 5.32 Å². The summed E-state index contributed by atoms with van der Waals surface area (Å²) in [5.74, 6) is 0. The Hall–Kier alpha value is -1.55. The number of hydrogen-bond acceptors (Lipinski definition) is 7. The van der Waals surface area contributed by atoms with Crippen LogP contribution in [0.15, 0.2) is 0 Å². The molecule has 0 aliphatic heterocycles. The second-order valence-electron chi connectivity index (χ2n) is 9.96. The first-order valence-corrected chi connectivity index (χ1v) is 11.9. The molecule has 0 atom stereocenters. The fourth-order valence-corrected chi connectivity index (χ4v) is 2.71. The number of unbranched alkanes of at least 4 members (excludes halogenated alkanes) is 1. The molecule has 0 aliphatic carbocycles. The van der Waals surface area contributed by atoms with E-state index in [0.717, 1.165) is 6.26 Å².